The Balaban J connectivity index is 1.67. The third-order valence-corrected chi connectivity index (χ3v) is 4.79. The molecule has 0 bridgehead atoms. The Labute approximate surface area is 149 Å². The molecule has 0 aromatic heterocycles. The predicted molar refractivity (Wildman–Crippen MR) is 99.5 cm³/mol. The standard InChI is InChI=1S/C21H26N2O2/c1-16(21(24)23-12-11-18(14-22)15-23)25-20-10-6-5-9-19(20)13-17-7-3-2-4-8-17/h2-10,16,18H,11-15,22H2,1H3/t16-,18+/m0/s1. The number of rotatable bonds is 6. The van der Waals surface area contributed by atoms with Crippen molar-refractivity contribution in [3.8, 4) is 5.75 Å². The fourth-order valence-corrected chi connectivity index (χ4v) is 3.30. The highest BCUT2D eigenvalue weighted by molar-refractivity contribution is 5.81. The number of benzene rings is 2. The second-order valence-corrected chi connectivity index (χ2v) is 6.70. The van der Waals surface area contributed by atoms with Crippen LogP contribution in [-0.2, 0) is 11.2 Å². The third kappa shape index (κ3) is 4.40. The number of nitrogens with zero attached hydrogens (tertiary/aromatic N) is 1. The summed E-state index contributed by atoms with van der Waals surface area (Å²) in [6, 6.07) is 18.2. The Morgan fingerprint density at radius 3 is 2.64 bits per heavy atom. The van der Waals surface area contributed by atoms with Gasteiger partial charge in [-0.05, 0) is 43.0 Å². The molecule has 132 valence electrons. The Morgan fingerprint density at radius 2 is 1.92 bits per heavy atom. The van der Waals surface area contributed by atoms with Crippen LogP contribution >= 0.6 is 0 Å². The van der Waals surface area contributed by atoms with Gasteiger partial charge in [-0.1, -0.05) is 48.5 Å². The maximum atomic E-state index is 12.6. The number of carbonyl (C=O) groups is 1. The summed E-state index contributed by atoms with van der Waals surface area (Å²) in [5, 5.41) is 0. The molecule has 4 heteroatoms. The van der Waals surface area contributed by atoms with Gasteiger partial charge in [-0.3, -0.25) is 4.79 Å². The molecule has 0 unspecified atom stereocenters. The molecule has 2 atom stereocenters. The van der Waals surface area contributed by atoms with Crippen molar-refractivity contribution in [1.82, 2.24) is 4.90 Å². The average Bonchev–Trinajstić information content (AvgIpc) is 3.12. The lowest BCUT2D eigenvalue weighted by atomic mass is 10.0. The molecule has 1 saturated heterocycles. The molecular weight excluding hydrogens is 312 g/mol. The number of nitrogens with two attached hydrogens (primary N) is 1. The zero-order valence-electron chi connectivity index (χ0n) is 14.7. The van der Waals surface area contributed by atoms with Gasteiger partial charge in [0.15, 0.2) is 6.10 Å². The number of ether oxygens (including phenoxy) is 1. The van der Waals surface area contributed by atoms with Gasteiger partial charge >= 0.3 is 0 Å². The van der Waals surface area contributed by atoms with Gasteiger partial charge in [0.1, 0.15) is 5.75 Å². The topological polar surface area (TPSA) is 55.6 Å². The van der Waals surface area contributed by atoms with Gasteiger partial charge in [-0.25, -0.2) is 0 Å². The molecule has 2 N–H and O–H groups in total. The number of amides is 1. The number of hydrogen-bond donors (Lipinski definition) is 1. The molecule has 4 nitrogen and oxygen atoms in total. The molecule has 25 heavy (non-hydrogen) atoms. The van der Waals surface area contributed by atoms with E-state index in [0.717, 1.165) is 37.2 Å². The molecule has 0 radical (unpaired) electrons. The second kappa shape index (κ2) is 8.17. The van der Waals surface area contributed by atoms with Crippen molar-refractivity contribution < 1.29 is 9.53 Å². The molecule has 0 spiro atoms. The van der Waals surface area contributed by atoms with Gasteiger partial charge in [-0.2, -0.15) is 0 Å². The highest BCUT2D eigenvalue weighted by Crippen LogP contribution is 2.24. The van der Waals surface area contributed by atoms with E-state index < -0.39 is 6.10 Å². The van der Waals surface area contributed by atoms with Crippen molar-refractivity contribution in [2.45, 2.75) is 25.9 Å². The number of hydrogen-bond acceptors (Lipinski definition) is 3. The van der Waals surface area contributed by atoms with Crippen LogP contribution in [0.15, 0.2) is 54.6 Å². The molecule has 2 aromatic rings. The van der Waals surface area contributed by atoms with Gasteiger partial charge in [0, 0.05) is 19.5 Å². The quantitative estimate of drug-likeness (QED) is 0.881. The first-order chi connectivity index (χ1) is 12.2. The zero-order valence-corrected chi connectivity index (χ0v) is 14.7. The Morgan fingerprint density at radius 1 is 1.20 bits per heavy atom. The van der Waals surface area contributed by atoms with E-state index in [0.29, 0.717) is 12.5 Å². The van der Waals surface area contributed by atoms with Crippen LogP contribution in [0.5, 0.6) is 5.75 Å². The molecule has 1 heterocycles. The Bertz CT molecular complexity index is 702. The first-order valence-corrected chi connectivity index (χ1v) is 8.94. The lowest BCUT2D eigenvalue weighted by Gasteiger charge is -2.23. The highest BCUT2D eigenvalue weighted by atomic mass is 16.5. The van der Waals surface area contributed by atoms with Crippen LogP contribution in [0.25, 0.3) is 0 Å². The van der Waals surface area contributed by atoms with Crippen molar-refractivity contribution in [3.05, 3.63) is 65.7 Å². The van der Waals surface area contributed by atoms with Gasteiger partial charge in [0.25, 0.3) is 5.91 Å². The zero-order chi connectivity index (χ0) is 17.6. The third-order valence-electron chi connectivity index (χ3n) is 4.79. The molecule has 1 amide bonds. The van der Waals surface area contributed by atoms with Crippen LogP contribution in [0.3, 0.4) is 0 Å². The molecule has 3 rings (SSSR count). The van der Waals surface area contributed by atoms with E-state index in [1.807, 2.05) is 48.2 Å². The molecule has 2 aromatic carbocycles. The van der Waals surface area contributed by atoms with Crippen molar-refractivity contribution in [2.75, 3.05) is 19.6 Å². The van der Waals surface area contributed by atoms with Crippen LogP contribution in [0, 0.1) is 5.92 Å². The summed E-state index contributed by atoms with van der Waals surface area (Å²) >= 11 is 0. The van der Waals surface area contributed by atoms with Gasteiger partial charge < -0.3 is 15.4 Å². The summed E-state index contributed by atoms with van der Waals surface area (Å²) in [5.41, 5.74) is 8.04. The largest absolute Gasteiger partial charge is 0.481 e. The summed E-state index contributed by atoms with van der Waals surface area (Å²) < 4.78 is 6.04. The van der Waals surface area contributed by atoms with E-state index in [1.165, 1.54) is 5.56 Å². The summed E-state index contributed by atoms with van der Waals surface area (Å²) in [7, 11) is 0. The fourth-order valence-electron chi connectivity index (χ4n) is 3.30. The van der Waals surface area contributed by atoms with Crippen LogP contribution in [0.2, 0.25) is 0 Å². The van der Waals surface area contributed by atoms with Crippen LogP contribution in [0.1, 0.15) is 24.5 Å². The minimum atomic E-state index is -0.492. The van der Waals surface area contributed by atoms with Crippen molar-refractivity contribution in [2.24, 2.45) is 11.7 Å². The van der Waals surface area contributed by atoms with Gasteiger partial charge in [-0.15, -0.1) is 0 Å². The van der Waals surface area contributed by atoms with Crippen molar-refractivity contribution >= 4 is 5.91 Å². The van der Waals surface area contributed by atoms with Gasteiger partial charge in [0.2, 0.25) is 0 Å². The first-order valence-electron chi connectivity index (χ1n) is 8.94. The first kappa shape index (κ1) is 17.5. The SMILES string of the molecule is C[C@H](Oc1ccccc1Cc1ccccc1)C(=O)N1CC[C@H](CN)C1. The molecule has 0 aliphatic carbocycles. The molecular formula is C21H26N2O2. The van der Waals surface area contributed by atoms with Crippen LogP contribution in [-0.4, -0.2) is 36.5 Å². The van der Waals surface area contributed by atoms with E-state index >= 15 is 0 Å². The lowest BCUT2D eigenvalue weighted by Crippen LogP contribution is -2.39. The normalized spacial score (nSPS) is 18.2. The maximum Gasteiger partial charge on any atom is 0.263 e. The molecule has 1 fully saturated rings. The van der Waals surface area contributed by atoms with E-state index in [-0.39, 0.29) is 5.91 Å². The Hall–Kier alpha value is -2.33. The number of carbonyl (C=O) groups excluding carboxylic acids is 1. The minimum absolute atomic E-state index is 0.0467. The smallest absolute Gasteiger partial charge is 0.263 e. The van der Waals surface area contributed by atoms with Crippen molar-refractivity contribution in [3.63, 3.8) is 0 Å². The minimum Gasteiger partial charge on any atom is -0.481 e. The number of likely N-dealkylation sites (tertiary alicyclic amines) is 1. The molecule has 1 aliphatic rings. The molecule has 0 saturated carbocycles. The fraction of sp³-hybridized carbons (Fsp3) is 0.381. The maximum absolute atomic E-state index is 12.6. The summed E-state index contributed by atoms with van der Waals surface area (Å²) in [4.78, 5) is 14.5. The van der Waals surface area contributed by atoms with Gasteiger partial charge in [0.05, 0.1) is 0 Å². The van der Waals surface area contributed by atoms with Crippen LogP contribution < -0.4 is 10.5 Å². The van der Waals surface area contributed by atoms with E-state index in [1.54, 1.807) is 0 Å². The van der Waals surface area contributed by atoms with E-state index in [4.69, 9.17) is 10.5 Å². The van der Waals surface area contributed by atoms with Crippen LogP contribution in [0.4, 0.5) is 0 Å². The van der Waals surface area contributed by atoms with E-state index in [9.17, 15) is 4.79 Å². The average molecular weight is 338 g/mol. The Kier molecular flexibility index (Phi) is 5.71. The lowest BCUT2D eigenvalue weighted by molar-refractivity contribution is -0.137. The monoisotopic (exact) mass is 338 g/mol. The molecule has 1 aliphatic heterocycles. The summed E-state index contributed by atoms with van der Waals surface area (Å²) in [6.45, 7) is 3.99. The van der Waals surface area contributed by atoms with E-state index in [2.05, 4.69) is 18.2 Å². The second-order valence-electron chi connectivity index (χ2n) is 6.70. The number of para-hydroxylation sites is 1. The van der Waals surface area contributed by atoms with Crippen molar-refractivity contribution in [1.29, 1.82) is 0 Å². The summed E-state index contributed by atoms with van der Waals surface area (Å²) in [5.74, 6) is 1.24. The summed E-state index contributed by atoms with van der Waals surface area (Å²) in [6.07, 6.45) is 1.28. The highest BCUT2D eigenvalue weighted by Gasteiger charge is 2.29. The predicted octanol–water partition coefficient (Wildman–Crippen LogP) is 2.85.